The first kappa shape index (κ1) is 15.3. The predicted octanol–water partition coefficient (Wildman–Crippen LogP) is 2.39. The van der Waals surface area contributed by atoms with Crippen LogP contribution in [-0.2, 0) is 0 Å². The van der Waals surface area contributed by atoms with Crippen LogP contribution in [0.5, 0.6) is 0 Å². The topological polar surface area (TPSA) is 35.5 Å². The van der Waals surface area contributed by atoms with E-state index < -0.39 is 0 Å². The molecular formula is C16H32N2O. The Kier molecular flexibility index (Phi) is 5.67. The van der Waals surface area contributed by atoms with Gasteiger partial charge in [0, 0.05) is 11.6 Å². The summed E-state index contributed by atoms with van der Waals surface area (Å²) in [4.78, 5) is 2.68. The second kappa shape index (κ2) is 7.05. The molecule has 0 bridgehead atoms. The third kappa shape index (κ3) is 3.50. The molecule has 3 nitrogen and oxygen atoms in total. The summed E-state index contributed by atoms with van der Waals surface area (Å²) < 4.78 is 0. The van der Waals surface area contributed by atoms with Gasteiger partial charge in [0.2, 0.25) is 0 Å². The van der Waals surface area contributed by atoms with E-state index in [2.05, 4.69) is 17.1 Å². The molecule has 2 aliphatic rings. The van der Waals surface area contributed by atoms with Gasteiger partial charge in [0.05, 0.1) is 6.61 Å². The summed E-state index contributed by atoms with van der Waals surface area (Å²) in [6.45, 7) is 5.18. The number of hydrogen-bond donors (Lipinski definition) is 2. The Morgan fingerprint density at radius 3 is 2.79 bits per heavy atom. The SMILES string of the molecule is CNC1(CO)CCCC1CCN1CCCCCC1C. The van der Waals surface area contributed by atoms with E-state index in [1.807, 2.05) is 7.05 Å². The van der Waals surface area contributed by atoms with E-state index in [4.69, 9.17) is 0 Å². The van der Waals surface area contributed by atoms with Crippen molar-refractivity contribution < 1.29 is 5.11 Å². The van der Waals surface area contributed by atoms with Gasteiger partial charge in [0.25, 0.3) is 0 Å². The molecule has 0 spiro atoms. The molecule has 3 atom stereocenters. The summed E-state index contributed by atoms with van der Waals surface area (Å²) in [5.74, 6) is 0.651. The van der Waals surface area contributed by atoms with Crippen LogP contribution < -0.4 is 5.32 Å². The van der Waals surface area contributed by atoms with Crippen molar-refractivity contribution in [2.45, 2.75) is 69.9 Å². The molecule has 1 aliphatic carbocycles. The maximum absolute atomic E-state index is 9.74. The first-order valence-electron chi connectivity index (χ1n) is 8.25. The van der Waals surface area contributed by atoms with Crippen molar-refractivity contribution >= 4 is 0 Å². The number of nitrogens with zero attached hydrogens (tertiary/aromatic N) is 1. The lowest BCUT2D eigenvalue weighted by atomic mass is 9.85. The van der Waals surface area contributed by atoms with Gasteiger partial charge in [-0.2, -0.15) is 0 Å². The molecule has 112 valence electrons. The molecule has 0 aromatic carbocycles. The van der Waals surface area contributed by atoms with Crippen LogP contribution >= 0.6 is 0 Å². The zero-order chi connectivity index (χ0) is 13.7. The molecule has 2 N–H and O–H groups in total. The molecule has 0 aromatic rings. The Hall–Kier alpha value is -0.120. The molecular weight excluding hydrogens is 236 g/mol. The first-order chi connectivity index (χ1) is 9.22. The number of nitrogens with one attached hydrogen (secondary N) is 1. The number of rotatable bonds is 5. The highest BCUT2D eigenvalue weighted by molar-refractivity contribution is 4.98. The summed E-state index contributed by atoms with van der Waals surface area (Å²) in [5, 5.41) is 13.2. The molecule has 1 heterocycles. The highest BCUT2D eigenvalue weighted by atomic mass is 16.3. The maximum Gasteiger partial charge on any atom is 0.0615 e. The third-order valence-electron chi connectivity index (χ3n) is 5.69. The van der Waals surface area contributed by atoms with Crippen molar-refractivity contribution in [2.75, 3.05) is 26.7 Å². The predicted molar refractivity (Wildman–Crippen MR) is 80.3 cm³/mol. The fraction of sp³-hybridized carbons (Fsp3) is 1.00. The smallest absolute Gasteiger partial charge is 0.0615 e. The molecule has 2 rings (SSSR count). The molecule has 19 heavy (non-hydrogen) atoms. The Morgan fingerprint density at radius 1 is 1.21 bits per heavy atom. The highest BCUT2D eigenvalue weighted by Gasteiger charge is 2.40. The Bertz CT molecular complexity index is 265. The fourth-order valence-electron chi connectivity index (χ4n) is 4.17. The molecule has 1 aliphatic heterocycles. The second-order valence-corrected chi connectivity index (χ2v) is 6.68. The van der Waals surface area contributed by atoms with Gasteiger partial charge in [-0.3, -0.25) is 0 Å². The highest BCUT2D eigenvalue weighted by Crippen LogP contribution is 2.37. The van der Waals surface area contributed by atoms with Gasteiger partial charge in [-0.25, -0.2) is 0 Å². The van der Waals surface area contributed by atoms with E-state index in [1.54, 1.807) is 0 Å². The molecule has 0 aromatic heterocycles. The van der Waals surface area contributed by atoms with Crippen LogP contribution in [0, 0.1) is 5.92 Å². The van der Waals surface area contributed by atoms with E-state index in [1.165, 1.54) is 58.0 Å². The quantitative estimate of drug-likeness (QED) is 0.803. The molecule has 1 saturated heterocycles. The molecule has 0 amide bonds. The van der Waals surface area contributed by atoms with Gasteiger partial charge >= 0.3 is 0 Å². The minimum atomic E-state index is 0.00902. The summed E-state index contributed by atoms with van der Waals surface area (Å²) in [5.41, 5.74) is 0.00902. The Morgan fingerprint density at radius 2 is 2.05 bits per heavy atom. The molecule has 3 unspecified atom stereocenters. The van der Waals surface area contributed by atoms with Crippen LogP contribution in [0.15, 0.2) is 0 Å². The second-order valence-electron chi connectivity index (χ2n) is 6.68. The summed E-state index contributed by atoms with van der Waals surface area (Å²) in [7, 11) is 2.02. The van der Waals surface area contributed by atoms with Crippen molar-refractivity contribution in [3.8, 4) is 0 Å². The number of hydrogen-bond acceptors (Lipinski definition) is 3. The van der Waals surface area contributed by atoms with Crippen molar-refractivity contribution in [3.63, 3.8) is 0 Å². The van der Waals surface area contributed by atoms with Gasteiger partial charge in [0.15, 0.2) is 0 Å². The van der Waals surface area contributed by atoms with Gasteiger partial charge < -0.3 is 15.3 Å². The van der Waals surface area contributed by atoms with Crippen LogP contribution in [0.3, 0.4) is 0 Å². The van der Waals surface area contributed by atoms with Crippen molar-refractivity contribution in [3.05, 3.63) is 0 Å². The third-order valence-corrected chi connectivity index (χ3v) is 5.69. The Balaban J connectivity index is 1.86. The Labute approximate surface area is 118 Å². The molecule has 1 saturated carbocycles. The molecule has 2 fully saturated rings. The lowest BCUT2D eigenvalue weighted by Crippen LogP contribution is -2.50. The van der Waals surface area contributed by atoms with Crippen LogP contribution in [0.1, 0.15) is 58.3 Å². The van der Waals surface area contributed by atoms with Crippen molar-refractivity contribution in [2.24, 2.45) is 5.92 Å². The summed E-state index contributed by atoms with van der Waals surface area (Å²) >= 11 is 0. The van der Waals surface area contributed by atoms with Gasteiger partial charge in [0.1, 0.15) is 0 Å². The van der Waals surface area contributed by atoms with Gasteiger partial charge in [-0.15, -0.1) is 0 Å². The standard InChI is InChI=1S/C16H32N2O/c1-14-7-4-3-5-11-18(14)12-9-15-8-6-10-16(15,13-19)17-2/h14-15,17,19H,3-13H2,1-2H3. The largest absolute Gasteiger partial charge is 0.394 e. The zero-order valence-electron chi connectivity index (χ0n) is 12.8. The maximum atomic E-state index is 9.74. The minimum absolute atomic E-state index is 0.00902. The van der Waals surface area contributed by atoms with Gasteiger partial charge in [-0.1, -0.05) is 19.3 Å². The normalized spacial score (nSPS) is 37.4. The number of aliphatic hydroxyl groups excluding tert-OH is 1. The van der Waals surface area contributed by atoms with E-state index in [9.17, 15) is 5.11 Å². The van der Waals surface area contributed by atoms with Gasteiger partial charge in [-0.05, 0) is 65.1 Å². The number of likely N-dealkylation sites (N-methyl/N-ethyl adjacent to an activating group) is 1. The van der Waals surface area contributed by atoms with E-state index in [0.717, 1.165) is 12.5 Å². The summed E-state index contributed by atoms with van der Waals surface area (Å²) in [6.07, 6.45) is 10.5. The molecule has 3 heteroatoms. The zero-order valence-corrected chi connectivity index (χ0v) is 12.8. The lowest BCUT2D eigenvalue weighted by molar-refractivity contribution is 0.112. The minimum Gasteiger partial charge on any atom is -0.394 e. The molecule has 0 radical (unpaired) electrons. The monoisotopic (exact) mass is 268 g/mol. The fourth-order valence-corrected chi connectivity index (χ4v) is 4.17. The average Bonchev–Trinajstić information content (AvgIpc) is 2.73. The summed E-state index contributed by atoms with van der Waals surface area (Å²) in [6, 6.07) is 0.752. The number of aliphatic hydroxyl groups is 1. The van der Waals surface area contributed by atoms with E-state index >= 15 is 0 Å². The van der Waals surface area contributed by atoms with Crippen molar-refractivity contribution in [1.82, 2.24) is 10.2 Å². The van der Waals surface area contributed by atoms with E-state index in [0.29, 0.717) is 12.5 Å². The lowest BCUT2D eigenvalue weighted by Gasteiger charge is -2.36. The van der Waals surface area contributed by atoms with Crippen molar-refractivity contribution in [1.29, 1.82) is 0 Å². The number of likely N-dealkylation sites (tertiary alicyclic amines) is 1. The first-order valence-corrected chi connectivity index (χ1v) is 8.25. The van der Waals surface area contributed by atoms with Crippen LogP contribution in [0.25, 0.3) is 0 Å². The van der Waals surface area contributed by atoms with Crippen LogP contribution in [0.4, 0.5) is 0 Å². The van der Waals surface area contributed by atoms with Crippen LogP contribution in [-0.4, -0.2) is 48.3 Å². The average molecular weight is 268 g/mol. The van der Waals surface area contributed by atoms with Crippen LogP contribution in [0.2, 0.25) is 0 Å². The van der Waals surface area contributed by atoms with E-state index in [-0.39, 0.29) is 5.54 Å².